The topological polar surface area (TPSA) is 105 Å². The largest absolute Gasteiger partial charge is 0.496 e. The Morgan fingerprint density at radius 3 is 2.63 bits per heavy atom. The summed E-state index contributed by atoms with van der Waals surface area (Å²) in [7, 11) is 1.62. The number of hydrogen-bond acceptors (Lipinski definition) is 7. The number of nitrogens with zero attached hydrogens (tertiary/aromatic N) is 4. The standard InChI is InChI=1S/C32H38N4O5/c1-3-8-22-12-14-25(15-13-22)41-21-27-26(31(38)39)18-33-32(34-27)35-19-24-10-6-7-16-36(28(24)20-35)30(37)17-23-9-4-5-11-29(23)40-2/h4-5,9,11-15,18,24,28H,3,6-8,10,16-17,19-21H2,1-2H3,(H,38,39)/t24-,28-/m1/s1. The Morgan fingerprint density at radius 2 is 1.88 bits per heavy atom. The summed E-state index contributed by atoms with van der Waals surface area (Å²) in [4.78, 5) is 38.7. The third kappa shape index (κ3) is 6.61. The third-order valence-corrected chi connectivity index (χ3v) is 8.09. The van der Waals surface area contributed by atoms with Crippen molar-refractivity contribution < 1.29 is 24.2 Å². The van der Waals surface area contributed by atoms with E-state index in [1.54, 1.807) is 7.11 Å². The Hall–Kier alpha value is -4.14. The fourth-order valence-electron chi connectivity index (χ4n) is 5.97. The monoisotopic (exact) mass is 558 g/mol. The zero-order chi connectivity index (χ0) is 28.8. The SMILES string of the molecule is CCCc1ccc(OCc2nc(N3C[C@H]4CCCCN(C(=O)Cc5ccccc5OC)[C@@H]4C3)ncc2C(=O)O)cc1. The summed E-state index contributed by atoms with van der Waals surface area (Å²) in [6.45, 7) is 4.20. The second-order valence-corrected chi connectivity index (χ2v) is 10.8. The average Bonchev–Trinajstić information content (AvgIpc) is 3.30. The second kappa shape index (κ2) is 13.0. The molecule has 0 unspecified atom stereocenters. The Balaban J connectivity index is 1.31. The summed E-state index contributed by atoms with van der Waals surface area (Å²) >= 11 is 0. The van der Waals surface area contributed by atoms with Gasteiger partial charge in [-0.15, -0.1) is 0 Å². The predicted molar refractivity (Wildman–Crippen MR) is 156 cm³/mol. The molecule has 0 radical (unpaired) electrons. The van der Waals surface area contributed by atoms with Gasteiger partial charge in [-0.1, -0.05) is 50.1 Å². The van der Waals surface area contributed by atoms with E-state index in [0.29, 0.717) is 36.4 Å². The number of fused-ring (bicyclic) bond motifs is 1. The molecule has 0 spiro atoms. The number of carbonyl (C=O) groups is 2. The lowest BCUT2D eigenvalue weighted by molar-refractivity contribution is -0.132. The minimum absolute atomic E-state index is 0.0223. The molecule has 3 aromatic rings. The van der Waals surface area contributed by atoms with Crippen molar-refractivity contribution in [3.05, 3.63) is 77.1 Å². The highest BCUT2D eigenvalue weighted by molar-refractivity contribution is 5.88. The van der Waals surface area contributed by atoms with Gasteiger partial charge in [0, 0.05) is 31.4 Å². The molecule has 5 rings (SSSR count). The summed E-state index contributed by atoms with van der Waals surface area (Å²) in [5, 5.41) is 9.77. The summed E-state index contributed by atoms with van der Waals surface area (Å²) in [5.74, 6) is 1.15. The normalized spacial score (nSPS) is 18.5. The van der Waals surface area contributed by atoms with E-state index >= 15 is 0 Å². The van der Waals surface area contributed by atoms with Crippen molar-refractivity contribution in [1.82, 2.24) is 14.9 Å². The van der Waals surface area contributed by atoms with Gasteiger partial charge in [0.2, 0.25) is 11.9 Å². The lowest BCUT2D eigenvalue weighted by Gasteiger charge is -2.30. The van der Waals surface area contributed by atoms with E-state index in [9.17, 15) is 14.7 Å². The van der Waals surface area contributed by atoms with Crippen LogP contribution >= 0.6 is 0 Å². The molecule has 2 fully saturated rings. The Morgan fingerprint density at radius 1 is 1.07 bits per heavy atom. The van der Waals surface area contributed by atoms with Crippen LogP contribution in [0.25, 0.3) is 0 Å². The Kier molecular flexibility index (Phi) is 9.01. The number of aromatic carboxylic acids is 1. The lowest BCUT2D eigenvalue weighted by atomic mass is 9.98. The minimum atomic E-state index is -1.09. The highest BCUT2D eigenvalue weighted by atomic mass is 16.5. The van der Waals surface area contributed by atoms with Crippen LogP contribution in [0.5, 0.6) is 11.5 Å². The number of carboxylic acids is 1. The summed E-state index contributed by atoms with van der Waals surface area (Å²) in [5.41, 5.74) is 2.47. The molecule has 1 aromatic heterocycles. The number of carbonyl (C=O) groups excluding carboxylic acids is 1. The van der Waals surface area contributed by atoms with E-state index in [-0.39, 0.29) is 30.5 Å². The molecule has 0 bridgehead atoms. The number of carboxylic acid groups (broad SMARTS) is 1. The molecule has 1 N–H and O–H groups in total. The molecule has 2 atom stereocenters. The van der Waals surface area contributed by atoms with Crippen LogP contribution in [0.2, 0.25) is 0 Å². The molecule has 2 saturated heterocycles. The van der Waals surface area contributed by atoms with E-state index < -0.39 is 5.97 Å². The van der Waals surface area contributed by atoms with Gasteiger partial charge >= 0.3 is 5.97 Å². The maximum Gasteiger partial charge on any atom is 0.339 e. The van der Waals surface area contributed by atoms with Crippen LogP contribution in [-0.2, 0) is 24.2 Å². The smallest absolute Gasteiger partial charge is 0.339 e. The fraction of sp³-hybridized carbons (Fsp3) is 0.438. The van der Waals surface area contributed by atoms with Crippen molar-refractivity contribution in [2.24, 2.45) is 5.92 Å². The summed E-state index contributed by atoms with van der Waals surface area (Å²) in [6, 6.07) is 15.5. The molecule has 2 aromatic carbocycles. The fourth-order valence-corrected chi connectivity index (χ4v) is 5.97. The van der Waals surface area contributed by atoms with E-state index in [4.69, 9.17) is 9.47 Å². The molecule has 41 heavy (non-hydrogen) atoms. The van der Waals surface area contributed by atoms with E-state index in [1.807, 2.05) is 53.4 Å². The maximum absolute atomic E-state index is 13.6. The number of para-hydroxylation sites is 1. The van der Waals surface area contributed by atoms with Crippen molar-refractivity contribution in [2.45, 2.75) is 58.1 Å². The van der Waals surface area contributed by atoms with Gasteiger partial charge in [-0.2, -0.15) is 0 Å². The van der Waals surface area contributed by atoms with Crippen molar-refractivity contribution in [3.8, 4) is 11.5 Å². The average molecular weight is 559 g/mol. The number of hydrogen-bond donors (Lipinski definition) is 1. The first-order valence-electron chi connectivity index (χ1n) is 14.4. The van der Waals surface area contributed by atoms with Gasteiger partial charge in [0.15, 0.2) is 0 Å². The number of anilines is 1. The van der Waals surface area contributed by atoms with Gasteiger partial charge in [0.05, 0.1) is 25.3 Å². The van der Waals surface area contributed by atoms with Crippen LogP contribution in [0.4, 0.5) is 5.95 Å². The molecule has 3 heterocycles. The Labute approximate surface area is 241 Å². The molecule has 2 aliphatic rings. The first-order valence-corrected chi connectivity index (χ1v) is 14.4. The number of methoxy groups -OCH3 is 1. The molecule has 216 valence electrons. The molecule has 2 aliphatic heterocycles. The molecule has 0 saturated carbocycles. The Bertz CT molecular complexity index is 1360. The number of ether oxygens (including phenoxy) is 2. The van der Waals surface area contributed by atoms with Gasteiger partial charge < -0.3 is 24.4 Å². The molecule has 9 heteroatoms. The van der Waals surface area contributed by atoms with Crippen LogP contribution in [0, 0.1) is 5.92 Å². The van der Waals surface area contributed by atoms with Gasteiger partial charge in [0.1, 0.15) is 23.7 Å². The quantitative estimate of drug-likeness (QED) is 0.379. The second-order valence-electron chi connectivity index (χ2n) is 10.8. The van der Waals surface area contributed by atoms with E-state index in [0.717, 1.165) is 50.0 Å². The zero-order valence-electron chi connectivity index (χ0n) is 23.8. The minimum Gasteiger partial charge on any atom is -0.496 e. The molecular weight excluding hydrogens is 520 g/mol. The number of aryl methyl sites for hydroxylation is 1. The summed E-state index contributed by atoms with van der Waals surface area (Å²) < 4.78 is 11.4. The number of rotatable bonds is 10. The predicted octanol–water partition coefficient (Wildman–Crippen LogP) is 4.77. The number of likely N-dealkylation sites (tertiary alicyclic amines) is 1. The lowest BCUT2D eigenvalue weighted by Crippen LogP contribution is -2.45. The van der Waals surface area contributed by atoms with Crippen LogP contribution in [-0.4, -0.2) is 64.6 Å². The summed E-state index contributed by atoms with van der Waals surface area (Å²) in [6.07, 6.45) is 6.79. The van der Waals surface area contributed by atoms with Crippen LogP contribution in [0.3, 0.4) is 0 Å². The number of benzene rings is 2. The van der Waals surface area contributed by atoms with Gasteiger partial charge in [-0.3, -0.25) is 4.79 Å². The van der Waals surface area contributed by atoms with Crippen molar-refractivity contribution in [2.75, 3.05) is 31.6 Å². The first-order chi connectivity index (χ1) is 20.0. The third-order valence-electron chi connectivity index (χ3n) is 8.09. The van der Waals surface area contributed by atoms with Gasteiger partial charge in [0.25, 0.3) is 0 Å². The zero-order valence-corrected chi connectivity index (χ0v) is 23.8. The number of aromatic nitrogens is 2. The van der Waals surface area contributed by atoms with Crippen molar-refractivity contribution >= 4 is 17.8 Å². The molecular formula is C32H38N4O5. The molecule has 9 nitrogen and oxygen atoms in total. The van der Waals surface area contributed by atoms with E-state index in [2.05, 4.69) is 21.8 Å². The first kappa shape index (κ1) is 28.4. The van der Waals surface area contributed by atoms with Crippen LogP contribution in [0.1, 0.15) is 59.8 Å². The van der Waals surface area contributed by atoms with Crippen molar-refractivity contribution in [3.63, 3.8) is 0 Å². The van der Waals surface area contributed by atoms with Gasteiger partial charge in [-0.25, -0.2) is 14.8 Å². The highest BCUT2D eigenvalue weighted by Crippen LogP contribution is 2.33. The molecule has 1 amide bonds. The molecule has 0 aliphatic carbocycles. The van der Waals surface area contributed by atoms with Gasteiger partial charge in [-0.05, 0) is 48.9 Å². The van der Waals surface area contributed by atoms with E-state index in [1.165, 1.54) is 11.8 Å². The van der Waals surface area contributed by atoms with Crippen LogP contribution in [0.15, 0.2) is 54.7 Å². The van der Waals surface area contributed by atoms with Crippen LogP contribution < -0.4 is 14.4 Å². The highest BCUT2D eigenvalue weighted by Gasteiger charge is 2.40. The number of amides is 1. The van der Waals surface area contributed by atoms with Crippen molar-refractivity contribution in [1.29, 1.82) is 0 Å². The maximum atomic E-state index is 13.6.